The molecule has 6 N–H and O–H groups in total. The van der Waals surface area contributed by atoms with Crippen LogP contribution in [0.15, 0.2) is 11.1 Å². The highest BCUT2D eigenvalue weighted by molar-refractivity contribution is 7.46. The molecule has 0 bridgehead atoms. The first-order valence-corrected chi connectivity index (χ1v) is 8.61. The number of H-pyrrole nitrogens is 1. The number of aromatic nitrogens is 4. The van der Waals surface area contributed by atoms with Gasteiger partial charge in [-0.1, -0.05) is 0 Å². The van der Waals surface area contributed by atoms with E-state index in [1.165, 1.54) is 10.9 Å². The van der Waals surface area contributed by atoms with E-state index in [1.807, 2.05) is 0 Å². The summed E-state index contributed by atoms with van der Waals surface area (Å²) < 4.78 is 22.2. The van der Waals surface area contributed by atoms with Crippen molar-refractivity contribution in [2.75, 3.05) is 19.0 Å². The topological polar surface area (TPSA) is 192 Å². The molecular formula is C11H16N5O8P. The van der Waals surface area contributed by atoms with Gasteiger partial charge in [-0.2, -0.15) is 4.98 Å². The number of rotatable bonds is 5. The van der Waals surface area contributed by atoms with Gasteiger partial charge in [0.1, 0.15) is 29.6 Å². The average molecular weight is 377 g/mol. The molecule has 138 valence electrons. The minimum absolute atomic E-state index is 0.0747. The molecule has 3 rings (SSSR count). The van der Waals surface area contributed by atoms with Crippen LogP contribution in [-0.4, -0.2) is 71.5 Å². The molecule has 0 radical (unpaired) electrons. The number of imidazole rings is 1. The van der Waals surface area contributed by atoms with Gasteiger partial charge in [-0.05, 0) is 0 Å². The molecule has 14 heteroatoms. The van der Waals surface area contributed by atoms with Crippen molar-refractivity contribution in [3.05, 3.63) is 16.8 Å². The quantitative estimate of drug-likeness (QED) is 0.312. The van der Waals surface area contributed by atoms with E-state index < -0.39 is 44.7 Å². The zero-order valence-electron chi connectivity index (χ0n) is 12.8. The molecule has 0 saturated carbocycles. The van der Waals surface area contributed by atoms with Crippen LogP contribution in [0, 0.1) is 0 Å². The van der Waals surface area contributed by atoms with E-state index >= 15 is 0 Å². The number of hydrogen-bond donors (Lipinski definition) is 6. The van der Waals surface area contributed by atoms with Crippen LogP contribution < -0.4 is 11.0 Å². The molecule has 4 atom stereocenters. The molecule has 13 nitrogen and oxygen atoms in total. The van der Waals surface area contributed by atoms with Crippen LogP contribution in [0.1, 0.15) is 6.23 Å². The van der Waals surface area contributed by atoms with Gasteiger partial charge in [-0.15, -0.1) is 0 Å². The monoisotopic (exact) mass is 377 g/mol. The lowest BCUT2D eigenvalue weighted by Gasteiger charge is -2.20. The van der Waals surface area contributed by atoms with Gasteiger partial charge >= 0.3 is 13.5 Å². The summed E-state index contributed by atoms with van der Waals surface area (Å²) in [6.45, 7) is -0.652. The second-order valence-electron chi connectivity index (χ2n) is 5.29. The minimum atomic E-state index is -4.93. The van der Waals surface area contributed by atoms with E-state index in [0.717, 1.165) is 0 Å². The van der Waals surface area contributed by atoms with Crippen molar-refractivity contribution in [3.8, 4) is 0 Å². The number of nitrogens with one attached hydrogen (secondary N) is 2. The van der Waals surface area contributed by atoms with Gasteiger partial charge in [0.05, 0.1) is 12.9 Å². The van der Waals surface area contributed by atoms with Crippen molar-refractivity contribution in [1.29, 1.82) is 0 Å². The lowest BCUT2D eigenvalue weighted by molar-refractivity contribution is -0.0509. The predicted octanol–water partition coefficient (Wildman–Crippen LogP) is -2.11. The Labute approximate surface area is 139 Å². The maximum Gasteiger partial charge on any atom is 0.470 e. The number of aliphatic hydroxyl groups excluding tert-OH is 2. The third-order valence-electron chi connectivity index (χ3n) is 3.72. The summed E-state index contributed by atoms with van der Waals surface area (Å²) in [5, 5.41) is 22.4. The molecule has 1 saturated heterocycles. The normalized spacial score (nSPS) is 27.1. The fourth-order valence-corrected chi connectivity index (χ4v) is 3.26. The van der Waals surface area contributed by atoms with Gasteiger partial charge in [0.15, 0.2) is 11.9 Å². The van der Waals surface area contributed by atoms with E-state index in [9.17, 15) is 19.6 Å². The number of aromatic amines is 1. The molecule has 1 fully saturated rings. The molecule has 0 spiro atoms. The zero-order chi connectivity index (χ0) is 18.4. The number of nitrogens with zero attached hydrogens (tertiary/aromatic N) is 3. The molecule has 1 aliphatic rings. The largest absolute Gasteiger partial charge is 0.470 e. The standard InChI is InChI=1S/C11H16N5O8P/c1-12-8-5-9(15-11(19)14-8)16(3-13-5)10-6(18)7(4(2-17)23-10)24-25(20,21)22/h3-4,6-7,10,17-18H,2H2,1H3,(H2,20,21,22)(H2,12,14,15,19)/t4-,6-,7-,10-/m1/s1. The van der Waals surface area contributed by atoms with Crippen molar-refractivity contribution >= 4 is 24.8 Å². The summed E-state index contributed by atoms with van der Waals surface area (Å²) in [6, 6.07) is 0. The van der Waals surface area contributed by atoms with Gasteiger partial charge in [0.25, 0.3) is 0 Å². The van der Waals surface area contributed by atoms with Crippen LogP contribution >= 0.6 is 7.82 Å². The Morgan fingerprint density at radius 3 is 2.84 bits per heavy atom. The molecule has 0 aromatic carbocycles. The van der Waals surface area contributed by atoms with E-state index in [1.54, 1.807) is 7.05 Å². The summed E-state index contributed by atoms with van der Waals surface area (Å²) in [7, 11) is -3.37. The van der Waals surface area contributed by atoms with Crippen LogP contribution in [-0.2, 0) is 13.8 Å². The van der Waals surface area contributed by atoms with E-state index in [0.29, 0.717) is 5.82 Å². The third kappa shape index (κ3) is 3.30. The number of aliphatic hydroxyl groups is 2. The lowest BCUT2D eigenvalue weighted by atomic mass is 10.1. The molecule has 0 amide bonds. The highest BCUT2D eigenvalue weighted by Crippen LogP contribution is 2.44. The summed E-state index contributed by atoms with van der Waals surface area (Å²) >= 11 is 0. The van der Waals surface area contributed by atoms with Crippen LogP contribution in [0.5, 0.6) is 0 Å². The Morgan fingerprint density at radius 2 is 2.24 bits per heavy atom. The second kappa shape index (κ2) is 6.46. The first-order valence-electron chi connectivity index (χ1n) is 7.08. The highest BCUT2D eigenvalue weighted by Gasteiger charge is 2.48. The Kier molecular flexibility index (Phi) is 4.64. The second-order valence-corrected chi connectivity index (χ2v) is 6.48. The Morgan fingerprint density at radius 1 is 1.52 bits per heavy atom. The van der Waals surface area contributed by atoms with Crippen LogP contribution in [0.4, 0.5) is 5.82 Å². The van der Waals surface area contributed by atoms with Gasteiger partial charge in [0, 0.05) is 7.05 Å². The number of phosphoric acid groups is 1. The van der Waals surface area contributed by atoms with Crippen molar-refractivity contribution < 1.29 is 33.8 Å². The van der Waals surface area contributed by atoms with Crippen molar-refractivity contribution in [2.45, 2.75) is 24.5 Å². The SMILES string of the molecule is CNc1[nH]c(=O)nc2c1ncn2[C@@H]1O[C@H](CO)[C@@H](OP(=O)(O)O)[C@H]1O. The van der Waals surface area contributed by atoms with Crippen LogP contribution in [0.2, 0.25) is 0 Å². The van der Waals surface area contributed by atoms with E-state index in [4.69, 9.17) is 14.5 Å². The van der Waals surface area contributed by atoms with Crippen molar-refractivity contribution in [3.63, 3.8) is 0 Å². The minimum Gasteiger partial charge on any atom is -0.394 e. The summed E-state index contributed by atoms with van der Waals surface area (Å²) in [5.41, 5.74) is -0.309. The maximum absolute atomic E-state index is 11.7. The number of phosphoric ester groups is 1. The smallest absolute Gasteiger partial charge is 0.394 e. The Bertz CT molecular complexity index is 877. The number of hydrogen-bond acceptors (Lipinski definition) is 9. The molecule has 0 unspecified atom stereocenters. The highest BCUT2D eigenvalue weighted by atomic mass is 31.2. The summed E-state index contributed by atoms with van der Waals surface area (Å²) in [5.74, 6) is 0.294. The van der Waals surface area contributed by atoms with Gasteiger partial charge < -0.3 is 30.1 Å². The predicted molar refractivity (Wildman–Crippen MR) is 81.6 cm³/mol. The fourth-order valence-electron chi connectivity index (χ4n) is 2.68. The molecule has 2 aromatic heterocycles. The molecule has 2 aromatic rings. The molecular weight excluding hydrogens is 361 g/mol. The maximum atomic E-state index is 11.7. The van der Waals surface area contributed by atoms with Crippen molar-refractivity contribution in [1.82, 2.24) is 19.5 Å². The molecule has 1 aliphatic heterocycles. The molecule has 3 heterocycles. The first kappa shape index (κ1) is 17.9. The van der Waals surface area contributed by atoms with Crippen LogP contribution in [0.3, 0.4) is 0 Å². The Balaban J connectivity index is 2.02. The average Bonchev–Trinajstić information content (AvgIpc) is 3.07. The van der Waals surface area contributed by atoms with E-state index in [-0.39, 0.29) is 11.2 Å². The Hall–Kier alpha value is -1.86. The number of fused-ring (bicyclic) bond motifs is 1. The van der Waals surface area contributed by atoms with Gasteiger partial charge in [0.2, 0.25) is 0 Å². The fraction of sp³-hybridized carbons (Fsp3) is 0.545. The van der Waals surface area contributed by atoms with Gasteiger partial charge in [-0.25, -0.2) is 14.3 Å². The number of ether oxygens (including phenoxy) is 1. The van der Waals surface area contributed by atoms with E-state index in [2.05, 4.69) is 24.8 Å². The third-order valence-corrected chi connectivity index (χ3v) is 4.23. The van der Waals surface area contributed by atoms with Gasteiger partial charge in [-0.3, -0.25) is 14.1 Å². The van der Waals surface area contributed by atoms with Crippen molar-refractivity contribution in [2.24, 2.45) is 0 Å². The molecule has 0 aliphatic carbocycles. The summed E-state index contributed by atoms with van der Waals surface area (Å²) in [4.78, 5) is 39.9. The number of anilines is 1. The molecule has 25 heavy (non-hydrogen) atoms. The zero-order valence-corrected chi connectivity index (χ0v) is 13.7. The lowest BCUT2D eigenvalue weighted by Crippen LogP contribution is -2.35. The first-order chi connectivity index (χ1) is 11.7. The summed E-state index contributed by atoms with van der Waals surface area (Å²) in [6.07, 6.45) is -4.22. The van der Waals surface area contributed by atoms with Crippen LogP contribution in [0.25, 0.3) is 11.2 Å².